The molecule has 3 N–H and O–H groups in total. The van der Waals surface area contributed by atoms with Crippen molar-refractivity contribution in [3.05, 3.63) is 64.4 Å². The Bertz CT molecular complexity index is 1050. The van der Waals surface area contributed by atoms with Gasteiger partial charge in [0.1, 0.15) is 23.2 Å². The fraction of sp³-hybridized carbons (Fsp3) is 0.176. The summed E-state index contributed by atoms with van der Waals surface area (Å²) in [6.45, 7) is 1.46. The number of esters is 1. The van der Waals surface area contributed by atoms with Crippen LogP contribution in [0.5, 0.6) is 0 Å². The van der Waals surface area contributed by atoms with Crippen LogP contribution >= 0.6 is 0 Å². The lowest BCUT2D eigenvalue weighted by atomic mass is 10.1. The van der Waals surface area contributed by atoms with Crippen molar-refractivity contribution in [2.45, 2.75) is 13.3 Å². The molecule has 0 saturated carbocycles. The summed E-state index contributed by atoms with van der Waals surface area (Å²) < 4.78 is 34.1. The number of hydrogen-bond donors (Lipinski definition) is 2. The molecule has 1 aromatic carbocycles. The zero-order chi connectivity index (χ0) is 19.0. The first-order valence-corrected chi connectivity index (χ1v) is 7.56. The largest absolute Gasteiger partial charge is 0.464 e. The van der Waals surface area contributed by atoms with Crippen molar-refractivity contribution < 1.29 is 18.3 Å². The Morgan fingerprint density at radius 3 is 2.73 bits per heavy atom. The number of nitrogens with one attached hydrogen (secondary N) is 1. The molecule has 0 fully saturated rings. The molecule has 7 nitrogen and oxygen atoms in total. The number of methoxy groups -OCH3 is 1. The third-order valence-electron chi connectivity index (χ3n) is 3.92. The maximum Gasteiger partial charge on any atom is 0.356 e. The van der Waals surface area contributed by atoms with Crippen LogP contribution in [-0.4, -0.2) is 33.3 Å². The minimum Gasteiger partial charge on any atom is -0.464 e. The van der Waals surface area contributed by atoms with Gasteiger partial charge in [0, 0.05) is 12.6 Å². The summed E-state index contributed by atoms with van der Waals surface area (Å²) in [7, 11) is 1.22. The number of amidine groups is 1. The summed E-state index contributed by atoms with van der Waals surface area (Å²) in [4.78, 5) is 20.2. The van der Waals surface area contributed by atoms with Crippen molar-refractivity contribution >= 4 is 17.5 Å². The fourth-order valence-electron chi connectivity index (χ4n) is 2.56. The van der Waals surface area contributed by atoms with Gasteiger partial charge in [-0.25, -0.2) is 23.5 Å². The van der Waals surface area contributed by atoms with Crippen LogP contribution in [-0.2, 0) is 11.2 Å². The van der Waals surface area contributed by atoms with Gasteiger partial charge in [-0.1, -0.05) is 0 Å². The predicted octanol–water partition coefficient (Wildman–Crippen LogP) is 1.98. The highest BCUT2D eigenvalue weighted by Gasteiger charge is 2.19. The number of benzene rings is 1. The van der Waals surface area contributed by atoms with Gasteiger partial charge in [0.25, 0.3) is 0 Å². The number of ether oxygens (including phenoxy) is 1. The molecule has 26 heavy (non-hydrogen) atoms. The van der Waals surface area contributed by atoms with Crippen molar-refractivity contribution in [3.63, 3.8) is 0 Å². The van der Waals surface area contributed by atoms with Crippen molar-refractivity contribution in [3.8, 4) is 0 Å². The first kappa shape index (κ1) is 17.5. The Morgan fingerprint density at radius 2 is 2.08 bits per heavy atom. The Morgan fingerprint density at radius 1 is 1.35 bits per heavy atom. The Labute approximate surface area is 147 Å². The molecule has 0 unspecified atom stereocenters. The highest BCUT2D eigenvalue weighted by atomic mass is 19.1. The van der Waals surface area contributed by atoms with Crippen molar-refractivity contribution in [1.82, 2.24) is 14.4 Å². The number of nitrogens with two attached hydrogens (primary N) is 1. The van der Waals surface area contributed by atoms with Crippen LogP contribution in [0.4, 0.5) is 8.78 Å². The van der Waals surface area contributed by atoms with Crippen LogP contribution < -0.4 is 5.73 Å². The number of imidazole rings is 1. The third kappa shape index (κ3) is 2.99. The Kier molecular flexibility index (Phi) is 4.37. The fourth-order valence-corrected chi connectivity index (χ4v) is 2.56. The molecule has 2 heterocycles. The summed E-state index contributed by atoms with van der Waals surface area (Å²) in [5.41, 5.74) is 6.45. The summed E-state index contributed by atoms with van der Waals surface area (Å²) in [5.74, 6) is -2.11. The minimum atomic E-state index is -0.642. The van der Waals surface area contributed by atoms with E-state index in [2.05, 4.69) is 9.97 Å². The second kappa shape index (κ2) is 6.51. The monoisotopic (exact) mass is 359 g/mol. The molecule has 2 aromatic heterocycles. The highest BCUT2D eigenvalue weighted by molar-refractivity contribution is 5.94. The first-order chi connectivity index (χ1) is 12.3. The van der Waals surface area contributed by atoms with Crippen LogP contribution in [0.25, 0.3) is 5.65 Å². The molecule has 0 bridgehead atoms. The van der Waals surface area contributed by atoms with E-state index in [9.17, 15) is 13.6 Å². The second-order valence-corrected chi connectivity index (χ2v) is 5.68. The Balaban J connectivity index is 2.19. The van der Waals surface area contributed by atoms with E-state index in [1.54, 1.807) is 0 Å². The molecule has 134 valence electrons. The maximum absolute atomic E-state index is 14.2. The zero-order valence-corrected chi connectivity index (χ0v) is 14.0. The number of aromatic nitrogens is 3. The molecule has 9 heteroatoms. The molecule has 0 radical (unpaired) electrons. The van der Waals surface area contributed by atoms with Gasteiger partial charge in [-0.05, 0) is 30.2 Å². The predicted molar refractivity (Wildman–Crippen MR) is 89.2 cm³/mol. The van der Waals surface area contributed by atoms with Crippen molar-refractivity contribution in [2.24, 2.45) is 5.73 Å². The Hall–Kier alpha value is -3.36. The normalized spacial score (nSPS) is 10.9. The second-order valence-electron chi connectivity index (χ2n) is 5.68. The quantitative estimate of drug-likeness (QED) is 0.421. The number of carbonyl (C=O) groups is 1. The van der Waals surface area contributed by atoms with E-state index in [1.165, 1.54) is 30.8 Å². The minimum absolute atomic E-state index is 0.0728. The van der Waals surface area contributed by atoms with Crippen LogP contribution in [0.1, 0.15) is 33.0 Å². The summed E-state index contributed by atoms with van der Waals surface area (Å²) in [6.07, 6.45) is 2.56. The summed E-state index contributed by atoms with van der Waals surface area (Å²) in [5, 5.41) is 7.60. The van der Waals surface area contributed by atoms with Crippen LogP contribution in [0.3, 0.4) is 0 Å². The first-order valence-electron chi connectivity index (χ1n) is 7.56. The number of fused-ring (bicyclic) bond motifs is 1. The van der Waals surface area contributed by atoms with E-state index in [4.69, 9.17) is 15.9 Å². The number of aryl methyl sites for hydroxylation is 1. The molecule has 0 aliphatic heterocycles. The number of nitrogens with zero attached hydrogens (tertiary/aromatic N) is 3. The average molecular weight is 359 g/mol. The van der Waals surface area contributed by atoms with Gasteiger partial charge in [-0.3, -0.25) is 9.81 Å². The van der Waals surface area contributed by atoms with Gasteiger partial charge in [0.05, 0.1) is 19.0 Å². The van der Waals surface area contributed by atoms with Gasteiger partial charge in [-0.2, -0.15) is 0 Å². The number of halogens is 2. The van der Waals surface area contributed by atoms with E-state index in [0.717, 1.165) is 12.1 Å². The summed E-state index contributed by atoms with van der Waals surface area (Å²) in [6, 6.07) is 2.19. The SMILES string of the molecule is COC(=O)c1cnc2c(Cc3cc(F)c(C)cc3F)nc(C(=N)N)cn12. The molecule has 0 saturated heterocycles. The maximum atomic E-state index is 14.2. The summed E-state index contributed by atoms with van der Waals surface area (Å²) >= 11 is 0. The van der Waals surface area contributed by atoms with Gasteiger partial charge in [-0.15, -0.1) is 0 Å². The van der Waals surface area contributed by atoms with E-state index >= 15 is 0 Å². The molecule has 0 spiro atoms. The number of nitrogen functional groups attached to an aromatic ring is 1. The molecule has 3 rings (SSSR count). The lowest BCUT2D eigenvalue weighted by molar-refractivity contribution is 0.0593. The van der Waals surface area contributed by atoms with Gasteiger partial charge < -0.3 is 10.5 Å². The number of hydrogen-bond acceptors (Lipinski definition) is 5. The van der Waals surface area contributed by atoms with E-state index in [1.807, 2.05) is 0 Å². The van der Waals surface area contributed by atoms with Crippen LogP contribution in [0.2, 0.25) is 0 Å². The van der Waals surface area contributed by atoms with E-state index in [0.29, 0.717) is 0 Å². The highest BCUT2D eigenvalue weighted by Crippen LogP contribution is 2.20. The van der Waals surface area contributed by atoms with E-state index in [-0.39, 0.29) is 46.1 Å². The standard InChI is InChI=1S/C17H15F2N5O2/c1-8-3-11(19)9(4-10(8)18)5-12-16-22-6-14(17(25)26-2)24(16)7-13(23-12)15(20)21/h3-4,6-7H,5H2,1-2H3,(H3,20,21). The number of rotatable bonds is 4. The lowest BCUT2D eigenvalue weighted by Gasteiger charge is -2.09. The lowest BCUT2D eigenvalue weighted by Crippen LogP contribution is -2.17. The average Bonchev–Trinajstić information content (AvgIpc) is 3.03. The molecular weight excluding hydrogens is 344 g/mol. The smallest absolute Gasteiger partial charge is 0.356 e. The van der Waals surface area contributed by atoms with E-state index < -0.39 is 17.6 Å². The molecular formula is C17H15F2N5O2. The van der Waals surface area contributed by atoms with Gasteiger partial charge in [0.2, 0.25) is 0 Å². The van der Waals surface area contributed by atoms with Gasteiger partial charge in [0.15, 0.2) is 11.3 Å². The molecule has 0 atom stereocenters. The van der Waals surface area contributed by atoms with Gasteiger partial charge >= 0.3 is 5.97 Å². The van der Waals surface area contributed by atoms with Crippen LogP contribution in [0.15, 0.2) is 24.5 Å². The zero-order valence-electron chi connectivity index (χ0n) is 14.0. The van der Waals surface area contributed by atoms with Crippen molar-refractivity contribution in [2.75, 3.05) is 7.11 Å². The molecule has 3 aromatic rings. The molecule has 0 amide bonds. The molecule has 0 aliphatic rings. The van der Waals surface area contributed by atoms with Crippen molar-refractivity contribution in [1.29, 1.82) is 5.41 Å². The molecule has 0 aliphatic carbocycles. The van der Waals surface area contributed by atoms with Crippen LogP contribution in [0, 0.1) is 24.0 Å². The third-order valence-corrected chi connectivity index (χ3v) is 3.92. The topological polar surface area (TPSA) is 106 Å². The number of carbonyl (C=O) groups excluding carboxylic acids is 1.